The van der Waals surface area contributed by atoms with Gasteiger partial charge in [-0.3, -0.25) is 0 Å². The van der Waals surface area contributed by atoms with E-state index in [0.29, 0.717) is 11.7 Å². The van der Waals surface area contributed by atoms with Crippen molar-refractivity contribution in [2.45, 2.75) is 44.8 Å². The molecular weight excluding hydrogens is 206 g/mol. The van der Waals surface area contributed by atoms with Crippen LogP contribution in [0.4, 0.5) is 0 Å². The highest BCUT2D eigenvalue weighted by Crippen LogP contribution is 2.24. The molecule has 2 heterocycles. The second-order valence-electron chi connectivity index (χ2n) is 4.13. The molecule has 0 amide bonds. The smallest absolute Gasteiger partial charge is 0.243 e. The van der Waals surface area contributed by atoms with Crippen LogP contribution in [-0.2, 0) is 4.74 Å². The largest absolute Gasteiger partial charge is 0.373 e. The van der Waals surface area contributed by atoms with Gasteiger partial charge in [-0.2, -0.15) is 4.98 Å². The van der Waals surface area contributed by atoms with Gasteiger partial charge in [0.2, 0.25) is 11.7 Å². The van der Waals surface area contributed by atoms with Crippen molar-refractivity contribution in [1.82, 2.24) is 15.5 Å². The number of hydrogen-bond donors (Lipinski definition) is 1. The van der Waals surface area contributed by atoms with Crippen LogP contribution in [0.15, 0.2) is 4.52 Å². The molecule has 5 nitrogen and oxygen atoms in total. The Hall–Kier alpha value is -0.940. The third kappa shape index (κ3) is 2.41. The summed E-state index contributed by atoms with van der Waals surface area (Å²) in [7, 11) is 1.67. The maximum Gasteiger partial charge on any atom is 0.243 e. The van der Waals surface area contributed by atoms with Crippen LogP contribution < -0.4 is 5.32 Å². The molecule has 0 aliphatic carbocycles. The van der Waals surface area contributed by atoms with Crippen LogP contribution in [0.25, 0.3) is 0 Å². The van der Waals surface area contributed by atoms with Crippen LogP contribution in [0, 0.1) is 0 Å². The molecule has 16 heavy (non-hydrogen) atoms. The standard InChI is InChI=1S/C11H19N3O2/c1-3-9(15-2)10-13-11(16-14-10)8-6-4-5-7-12-8/h8-9,12H,3-7H2,1-2H3/t8-,9?/m0/s1. The quantitative estimate of drug-likeness (QED) is 0.849. The van der Waals surface area contributed by atoms with Gasteiger partial charge in [0.15, 0.2) is 0 Å². The second-order valence-corrected chi connectivity index (χ2v) is 4.13. The molecule has 0 aromatic carbocycles. The van der Waals surface area contributed by atoms with E-state index in [9.17, 15) is 0 Å². The van der Waals surface area contributed by atoms with Crippen molar-refractivity contribution in [1.29, 1.82) is 0 Å². The Morgan fingerprint density at radius 1 is 1.56 bits per heavy atom. The zero-order valence-corrected chi connectivity index (χ0v) is 9.90. The molecule has 1 aliphatic heterocycles. The third-order valence-electron chi connectivity index (χ3n) is 3.01. The maximum absolute atomic E-state index is 5.29. The fourth-order valence-electron chi connectivity index (χ4n) is 2.04. The number of ether oxygens (including phenoxy) is 1. The molecule has 0 saturated carbocycles. The summed E-state index contributed by atoms with van der Waals surface area (Å²) in [5, 5.41) is 7.37. The first-order valence-electron chi connectivity index (χ1n) is 5.94. The minimum Gasteiger partial charge on any atom is -0.373 e. The number of methoxy groups -OCH3 is 1. The van der Waals surface area contributed by atoms with Crippen molar-refractivity contribution in [3.63, 3.8) is 0 Å². The molecule has 0 radical (unpaired) electrons. The molecule has 5 heteroatoms. The lowest BCUT2D eigenvalue weighted by Crippen LogP contribution is -2.27. The van der Waals surface area contributed by atoms with Crippen molar-refractivity contribution in [2.75, 3.05) is 13.7 Å². The molecule has 2 rings (SSSR count). The molecule has 1 N–H and O–H groups in total. The normalized spacial score (nSPS) is 23.2. The minimum atomic E-state index is -0.0545. The van der Waals surface area contributed by atoms with Gasteiger partial charge in [0.25, 0.3) is 0 Å². The van der Waals surface area contributed by atoms with Crippen LogP contribution in [0.1, 0.15) is 56.5 Å². The average molecular weight is 225 g/mol. The average Bonchev–Trinajstić information content (AvgIpc) is 2.81. The van der Waals surface area contributed by atoms with Gasteiger partial charge in [0.1, 0.15) is 6.10 Å². The predicted octanol–water partition coefficient (Wildman–Crippen LogP) is 1.98. The fourth-order valence-corrected chi connectivity index (χ4v) is 2.04. The number of aromatic nitrogens is 2. The van der Waals surface area contributed by atoms with Crippen molar-refractivity contribution >= 4 is 0 Å². The van der Waals surface area contributed by atoms with E-state index in [0.717, 1.165) is 19.4 Å². The van der Waals surface area contributed by atoms with Gasteiger partial charge in [0, 0.05) is 7.11 Å². The van der Waals surface area contributed by atoms with E-state index in [1.807, 2.05) is 6.92 Å². The minimum absolute atomic E-state index is 0.0545. The summed E-state index contributed by atoms with van der Waals surface area (Å²) in [4.78, 5) is 4.41. The van der Waals surface area contributed by atoms with E-state index in [-0.39, 0.29) is 12.1 Å². The van der Waals surface area contributed by atoms with E-state index in [1.54, 1.807) is 7.11 Å². The Bertz CT molecular complexity index is 317. The SMILES string of the molecule is CCC(OC)c1noc([C@@H]2CCCCN2)n1. The van der Waals surface area contributed by atoms with Gasteiger partial charge in [-0.25, -0.2) is 0 Å². The molecule has 0 bridgehead atoms. The summed E-state index contributed by atoms with van der Waals surface area (Å²) < 4.78 is 10.6. The molecule has 1 aliphatic rings. The Labute approximate surface area is 95.6 Å². The van der Waals surface area contributed by atoms with Crippen LogP contribution in [0.5, 0.6) is 0 Å². The summed E-state index contributed by atoms with van der Waals surface area (Å²) >= 11 is 0. The molecule has 1 unspecified atom stereocenters. The van der Waals surface area contributed by atoms with Crippen molar-refractivity contribution < 1.29 is 9.26 Å². The van der Waals surface area contributed by atoms with Crippen molar-refractivity contribution in [3.8, 4) is 0 Å². The van der Waals surface area contributed by atoms with Crippen molar-refractivity contribution in [2.24, 2.45) is 0 Å². The Morgan fingerprint density at radius 2 is 2.44 bits per heavy atom. The number of rotatable bonds is 4. The molecule has 2 atom stereocenters. The highest BCUT2D eigenvalue weighted by Gasteiger charge is 2.23. The lowest BCUT2D eigenvalue weighted by atomic mass is 10.1. The highest BCUT2D eigenvalue weighted by molar-refractivity contribution is 4.96. The molecule has 1 aromatic heterocycles. The van der Waals surface area contributed by atoms with Crippen LogP contribution in [0.2, 0.25) is 0 Å². The molecule has 1 saturated heterocycles. The molecular formula is C11H19N3O2. The van der Waals surface area contributed by atoms with Crippen LogP contribution in [0.3, 0.4) is 0 Å². The highest BCUT2D eigenvalue weighted by atomic mass is 16.5. The number of hydrogen-bond acceptors (Lipinski definition) is 5. The van der Waals surface area contributed by atoms with Gasteiger partial charge >= 0.3 is 0 Å². The second kappa shape index (κ2) is 5.41. The van der Waals surface area contributed by atoms with Gasteiger partial charge in [-0.05, 0) is 25.8 Å². The predicted molar refractivity (Wildman–Crippen MR) is 58.9 cm³/mol. The summed E-state index contributed by atoms with van der Waals surface area (Å²) in [6, 6.07) is 0.226. The monoisotopic (exact) mass is 225 g/mol. The lowest BCUT2D eigenvalue weighted by Gasteiger charge is -2.19. The van der Waals surface area contributed by atoms with Crippen LogP contribution >= 0.6 is 0 Å². The van der Waals surface area contributed by atoms with Gasteiger partial charge in [-0.15, -0.1) is 0 Å². The van der Waals surface area contributed by atoms with Gasteiger partial charge in [0.05, 0.1) is 6.04 Å². The number of nitrogens with one attached hydrogen (secondary N) is 1. The summed E-state index contributed by atoms with van der Waals surface area (Å²) in [5.74, 6) is 1.36. The zero-order valence-electron chi connectivity index (χ0n) is 9.90. The molecule has 0 spiro atoms. The topological polar surface area (TPSA) is 60.2 Å². The summed E-state index contributed by atoms with van der Waals surface area (Å²) in [6.07, 6.45) is 4.32. The summed E-state index contributed by atoms with van der Waals surface area (Å²) in [5.41, 5.74) is 0. The van der Waals surface area contributed by atoms with Crippen molar-refractivity contribution in [3.05, 3.63) is 11.7 Å². The molecule has 90 valence electrons. The van der Waals surface area contributed by atoms with E-state index >= 15 is 0 Å². The number of nitrogens with zero attached hydrogens (tertiary/aromatic N) is 2. The Morgan fingerprint density at radius 3 is 3.06 bits per heavy atom. The first-order valence-corrected chi connectivity index (χ1v) is 5.94. The molecule has 1 aromatic rings. The zero-order chi connectivity index (χ0) is 11.4. The van der Waals surface area contributed by atoms with Crippen LogP contribution in [-0.4, -0.2) is 23.8 Å². The Balaban J connectivity index is 2.05. The van der Waals surface area contributed by atoms with Gasteiger partial charge < -0.3 is 14.6 Å². The number of piperidine rings is 1. The summed E-state index contributed by atoms with van der Waals surface area (Å²) in [6.45, 7) is 3.08. The van der Waals surface area contributed by atoms with E-state index in [2.05, 4.69) is 15.5 Å². The fraction of sp³-hybridized carbons (Fsp3) is 0.818. The Kier molecular flexibility index (Phi) is 3.90. The first kappa shape index (κ1) is 11.5. The lowest BCUT2D eigenvalue weighted by molar-refractivity contribution is 0.0903. The van der Waals surface area contributed by atoms with E-state index in [4.69, 9.17) is 9.26 Å². The maximum atomic E-state index is 5.29. The van der Waals surface area contributed by atoms with Gasteiger partial charge in [-0.1, -0.05) is 18.5 Å². The molecule has 1 fully saturated rings. The first-order chi connectivity index (χ1) is 7.85. The van der Waals surface area contributed by atoms with E-state index < -0.39 is 0 Å². The third-order valence-corrected chi connectivity index (χ3v) is 3.01. The van der Waals surface area contributed by atoms with E-state index in [1.165, 1.54) is 12.8 Å².